The van der Waals surface area contributed by atoms with Gasteiger partial charge < -0.3 is 14.2 Å². The van der Waals surface area contributed by atoms with Gasteiger partial charge in [0.25, 0.3) is 0 Å². The number of methoxy groups -OCH3 is 2. The Hall–Kier alpha value is -2.83. The lowest BCUT2D eigenvalue weighted by molar-refractivity contribution is -0.139. The van der Waals surface area contributed by atoms with E-state index in [4.69, 9.17) is 14.2 Å². The van der Waals surface area contributed by atoms with Crippen molar-refractivity contribution in [2.75, 3.05) is 14.2 Å². The quantitative estimate of drug-likeness (QED) is 0.596. The maximum atomic E-state index is 12.9. The Morgan fingerprint density at radius 1 is 0.885 bits per heavy atom. The highest BCUT2D eigenvalue weighted by Gasteiger charge is 2.57. The van der Waals surface area contributed by atoms with E-state index in [1.807, 2.05) is 24.3 Å². The Morgan fingerprint density at radius 3 is 1.65 bits per heavy atom. The number of ether oxygens (including phenoxy) is 3. The molecular formula is C19H21NO6. The predicted octanol–water partition coefficient (Wildman–Crippen LogP) is 2.68. The molecule has 0 saturated carbocycles. The third-order valence-electron chi connectivity index (χ3n) is 4.39. The fourth-order valence-corrected chi connectivity index (χ4v) is 3.53. The largest absolute Gasteiger partial charge is 0.466 e. The SMILES string of the molecule is COC(=O)C1=C(C(=O)OC)[C@H]2c3ccccc3[C@@H]1N2C(=O)OC(C)(C)C. The van der Waals surface area contributed by atoms with E-state index in [0.717, 1.165) is 11.1 Å². The smallest absolute Gasteiger partial charge is 0.411 e. The number of hydrogen-bond donors (Lipinski definition) is 0. The molecule has 7 nitrogen and oxygen atoms in total. The first-order valence-electron chi connectivity index (χ1n) is 8.22. The maximum Gasteiger partial charge on any atom is 0.411 e. The van der Waals surface area contributed by atoms with Crippen LogP contribution in [0.15, 0.2) is 35.4 Å². The second kappa shape index (κ2) is 6.16. The summed E-state index contributed by atoms with van der Waals surface area (Å²) in [6, 6.07) is 5.81. The number of benzene rings is 1. The van der Waals surface area contributed by atoms with Crippen LogP contribution in [0.3, 0.4) is 0 Å². The van der Waals surface area contributed by atoms with Gasteiger partial charge in [-0.05, 0) is 31.9 Å². The van der Waals surface area contributed by atoms with Crippen LogP contribution >= 0.6 is 0 Å². The summed E-state index contributed by atoms with van der Waals surface area (Å²) < 4.78 is 15.3. The van der Waals surface area contributed by atoms with Gasteiger partial charge in [0, 0.05) is 0 Å². The Balaban J connectivity index is 2.16. The lowest BCUT2D eigenvalue weighted by atomic mass is 9.86. The molecule has 0 aromatic heterocycles. The summed E-state index contributed by atoms with van der Waals surface area (Å²) >= 11 is 0. The van der Waals surface area contributed by atoms with Crippen molar-refractivity contribution in [1.82, 2.24) is 4.90 Å². The molecule has 0 fully saturated rings. The average molecular weight is 359 g/mol. The lowest BCUT2D eigenvalue weighted by Gasteiger charge is -2.28. The summed E-state index contributed by atoms with van der Waals surface area (Å²) in [6.45, 7) is 5.27. The van der Waals surface area contributed by atoms with E-state index >= 15 is 0 Å². The van der Waals surface area contributed by atoms with E-state index < -0.39 is 35.7 Å². The van der Waals surface area contributed by atoms with Crippen LogP contribution in [0.2, 0.25) is 0 Å². The second-order valence-corrected chi connectivity index (χ2v) is 7.13. The summed E-state index contributed by atoms with van der Waals surface area (Å²) in [5.74, 6) is -1.33. The first-order valence-corrected chi connectivity index (χ1v) is 8.22. The number of carbonyl (C=O) groups is 3. The molecule has 2 bridgehead atoms. The van der Waals surface area contributed by atoms with Crippen LogP contribution in [0.25, 0.3) is 0 Å². The average Bonchev–Trinajstić information content (AvgIpc) is 3.10. The number of fused-ring (bicyclic) bond motifs is 5. The van der Waals surface area contributed by atoms with Crippen molar-refractivity contribution in [3.8, 4) is 0 Å². The van der Waals surface area contributed by atoms with Crippen molar-refractivity contribution >= 4 is 18.0 Å². The first kappa shape index (κ1) is 18.0. The zero-order chi connectivity index (χ0) is 19.2. The minimum atomic E-state index is -0.743. The number of carbonyl (C=O) groups excluding carboxylic acids is 3. The summed E-state index contributed by atoms with van der Waals surface area (Å²) in [6.07, 6.45) is -0.607. The highest BCUT2D eigenvalue weighted by molar-refractivity contribution is 6.06. The van der Waals surface area contributed by atoms with Gasteiger partial charge >= 0.3 is 18.0 Å². The van der Waals surface area contributed by atoms with Crippen molar-refractivity contribution in [1.29, 1.82) is 0 Å². The zero-order valence-corrected chi connectivity index (χ0v) is 15.4. The molecule has 0 spiro atoms. The molecule has 0 radical (unpaired) electrons. The van der Waals surface area contributed by atoms with Crippen LogP contribution in [0.5, 0.6) is 0 Å². The van der Waals surface area contributed by atoms with Crippen LogP contribution in [-0.2, 0) is 23.8 Å². The van der Waals surface area contributed by atoms with Gasteiger partial charge in [-0.3, -0.25) is 4.90 Å². The minimum Gasteiger partial charge on any atom is -0.466 e. The Bertz CT molecular complexity index is 767. The standard InChI is InChI=1S/C19H21NO6/c1-19(2,3)26-18(23)20-14-10-8-6-7-9-11(10)15(20)13(17(22)25-5)12(14)16(21)24-4/h6-9,14-15H,1-5H3/t14-,15+. The fraction of sp³-hybridized carbons (Fsp3) is 0.421. The van der Waals surface area contributed by atoms with Crippen molar-refractivity contribution in [3.63, 3.8) is 0 Å². The van der Waals surface area contributed by atoms with Crippen LogP contribution in [-0.4, -0.2) is 42.8 Å². The number of amides is 1. The first-order chi connectivity index (χ1) is 12.2. The molecular weight excluding hydrogens is 338 g/mol. The van der Waals surface area contributed by atoms with Crippen molar-refractivity contribution in [2.45, 2.75) is 38.5 Å². The van der Waals surface area contributed by atoms with Gasteiger partial charge in [-0.1, -0.05) is 24.3 Å². The molecule has 0 unspecified atom stereocenters. The van der Waals surface area contributed by atoms with E-state index in [1.54, 1.807) is 20.8 Å². The molecule has 3 rings (SSSR count). The minimum absolute atomic E-state index is 0.119. The van der Waals surface area contributed by atoms with Gasteiger partial charge in [0.1, 0.15) is 5.60 Å². The Morgan fingerprint density at radius 2 is 1.31 bits per heavy atom. The van der Waals surface area contributed by atoms with Gasteiger partial charge in [-0.15, -0.1) is 0 Å². The van der Waals surface area contributed by atoms with E-state index in [0.29, 0.717) is 0 Å². The molecule has 1 aromatic carbocycles. The summed E-state index contributed by atoms with van der Waals surface area (Å²) in [4.78, 5) is 39.1. The Kier molecular flexibility index (Phi) is 4.26. The van der Waals surface area contributed by atoms with Crippen molar-refractivity contribution in [2.24, 2.45) is 0 Å². The van der Waals surface area contributed by atoms with Crippen LogP contribution in [0.4, 0.5) is 4.79 Å². The summed E-state index contributed by atoms with van der Waals surface area (Å²) in [7, 11) is 2.47. The van der Waals surface area contributed by atoms with Crippen LogP contribution in [0, 0.1) is 0 Å². The van der Waals surface area contributed by atoms with Gasteiger partial charge in [0.05, 0.1) is 37.4 Å². The van der Waals surface area contributed by atoms with Gasteiger partial charge in [-0.25, -0.2) is 14.4 Å². The highest BCUT2D eigenvalue weighted by Crippen LogP contribution is 2.57. The van der Waals surface area contributed by atoms with Gasteiger partial charge in [0.2, 0.25) is 0 Å². The zero-order valence-electron chi connectivity index (χ0n) is 15.4. The fourth-order valence-electron chi connectivity index (χ4n) is 3.53. The number of hydrogen-bond acceptors (Lipinski definition) is 6. The van der Waals surface area contributed by atoms with Crippen LogP contribution in [0.1, 0.15) is 44.0 Å². The lowest BCUT2D eigenvalue weighted by Crippen LogP contribution is -2.36. The molecule has 7 heteroatoms. The van der Waals surface area contributed by atoms with Gasteiger partial charge in [0.15, 0.2) is 0 Å². The van der Waals surface area contributed by atoms with E-state index in [1.165, 1.54) is 19.1 Å². The molecule has 2 atom stereocenters. The normalized spacial score (nSPS) is 20.7. The van der Waals surface area contributed by atoms with Crippen LogP contribution < -0.4 is 0 Å². The molecule has 0 aliphatic carbocycles. The van der Waals surface area contributed by atoms with E-state index in [2.05, 4.69) is 0 Å². The molecule has 2 heterocycles. The monoisotopic (exact) mass is 359 g/mol. The molecule has 2 aliphatic heterocycles. The van der Waals surface area contributed by atoms with Crippen molar-refractivity contribution in [3.05, 3.63) is 46.5 Å². The summed E-state index contributed by atoms with van der Waals surface area (Å²) in [5, 5.41) is 0. The number of esters is 2. The molecule has 138 valence electrons. The Labute approximate surface area is 151 Å². The molecule has 1 aromatic rings. The van der Waals surface area contributed by atoms with Crippen molar-refractivity contribution < 1.29 is 28.6 Å². The molecule has 0 saturated heterocycles. The predicted molar refractivity (Wildman–Crippen MR) is 91.1 cm³/mol. The third kappa shape index (κ3) is 2.64. The van der Waals surface area contributed by atoms with E-state index in [9.17, 15) is 14.4 Å². The summed E-state index contributed by atoms with van der Waals surface area (Å²) in [5.41, 5.74) is 1.07. The maximum absolute atomic E-state index is 12.9. The molecule has 26 heavy (non-hydrogen) atoms. The number of nitrogens with zero attached hydrogens (tertiary/aromatic N) is 1. The topological polar surface area (TPSA) is 82.1 Å². The molecule has 0 N–H and O–H groups in total. The van der Waals surface area contributed by atoms with E-state index in [-0.39, 0.29) is 11.1 Å². The second-order valence-electron chi connectivity index (χ2n) is 7.13. The number of rotatable bonds is 2. The van der Waals surface area contributed by atoms with Gasteiger partial charge in [-0.2, -0.15) is 0 Å². The molecule has 2 aliphatic rings. The third-order valence-corrected chi connectivity index (χ3v) is 4.39. The highest BCUT2D eigenvalue weighted by atomic mass is 16.6. The molecule has 1 amide bonds.